The number of carbonyl (C=O) groups excluding carboxylic acids is 3. The number of rotatable bonds is 5. The molecule has 3 amide bonds. The van der Waals surface area contributed by atoms with E-state index in [9.17, 15) is 14.4 Å². The molecule has 1 aliphatic rings. The Hall–Kier alpha value is -1.79. The molecule has 1 aliphatic carbocycles. The van der Waals surface area contributed by atoms with Crippen LogP contribution in [0, 0.1) is 0 Å². The number of nitrogens with zero attached hydrogens (tertiary/aromatic N) is 1. The van der Waals surface area contributed by atoms with E-state index in [1.54, 1.807) is 6.92 Å². The molecule has 7 nitrogen and oxygen atoms in total. The summed E-state index contributed by atoms with van der Waals surface area (Å²) in [7, 11) is 1.28. The predicted molar refractivity (Wildman–Crippen MR) is 68.2 cm³/mol. The van der Waals surface area contributed by atoms with E-state index in [0.29, 0.717) is 0 Å². The summed E-state index contributed by atoms with van der Waals surface area (Å²) in [6, 6.07) is -1.48. The molecule has 0 spiro atoms. The maximum Gasteiger partial charge on any atom is 0.325 e. The molecule has 0 aromatic heterocycles. The first-order valence-corrected chi connectivity index (χ1v) is 6.39. The van der Waals surface area contributed by atoms with Crippen molar-refractivity contribution in [2.75, 3.05) is 13.7 Å². The molecule has 1 atom stereocenters. The maximum absolute atomic E-state index is 12.3. The number of methoxy groups -OCH3 is 1. The van der Waals surface area contributed by atoms with Gasteiger partial charge in [-0.2, -0.15) is 0 Å². The molecular formula is C12H21N3O4. The van der Waals surface area contributed by atoms with E-state index < -0.39 is 18.0 Å². The molecule has 7 heteroatoms. The molecule has 0 heterocycles. The molecule has 108 valence electrons. The zero-order valence-corrected chi connectivity index (χ0v) is 11.3. The molecule has 1 saturated carbocycles. The van der Waals surface area contributed by atoms with Gasteiger partial charge in [-0.1, -0.05) is 12.8 Å². The molecule has 1 unspecified atom stereocenters. The number of carbonyl (C=O) groups is 3. The monoisotopic (exact) mass is 271 g/mol. The maximum atomic E-state index is 12.3. The lowest BCUT2D eigenvalue weighted by atomic mass is 10.1. The number of primary amides is 1. The summed E-state index contributed by atoms with van der Waals surface area (Å²) >= 11 is 0. The molecule has 1 rings (SSSR count). The van der Waals surface area contributed by atoms with Crippen LogP contribution < -0.4 is 11.1 Å². The van der Waals surface area contributed by atoms with Gasteiger partial charge in [0.05, 0.1) is 7.11 Å². The van der Waals surface area contributed by atoms with Gasteiger partial charge in [0, 0.05) is 6.04 Å². The third-order valence-electron chi connectivity index (χ3n) is 3.30. The normalized spacial score (nSPS) is 16.7. The van der Waals surface area contributed by atoms with Crippen LogP contribution in [-0.2, 0) is 14.3 Å². The van der Waals surface area contributed by atoms with Crippen molar-refractivity contribution >= 4 is 17.9 Å². The lowest BCUT2D eigenvalue weighted by Crippen LogP contribution is -2.52. The predicted octanol–water partition coefficient (Wildman–Crippen LogP) is -0.0126. The van der Waals surface area contributed by atoms with Crippen molar-refractivity contribution in [2.45, 2.75) is 44.7 Å². The van der Waals surface area contributed by atoms with Gasteiger partial charge in [-0.25, -0.2) is 4.79 Å². The Bertz CT molecular complexity index is 353. The molecule has 19 heavy (non-hydrogen) atoms. The fourth-order valence-corrected chi connectivity index (χ4v) is 2.33. The first kappa shape index (κ1) is 15.3. The van der Waals surface area contributed by atoms with E-state index in [1.807, 2.05) is 0 Å². The van der Waals surface area contributed by atoms with E-state index in [1.165, 1.54) is 12.0 Å². The van der Waals surface area contributed by atoms with Crippen LogP contribution in [-0.4, -0.2) is 48.5 Å². The number of nitrogens with one attached hydrogen (secondary N) is 1. The summed E-state index contributed by atoms with van der Waals surface area (Å²) in [5.74, 6) is -0.775. The van der Waals surface area contributed by atoms with Crippen LogP contribution in [0.4, 0.5) is 4.79 Å². The van der Waals surface area contributed by atoms with Crippen LogP contribution in [0.3, 0.4) is 0 Å². The third kappa shape index (κ3) is 4.42. The second kappa shape index (κ2) is 6.96. The molecular weight excluding hydrogens is 250 g/mol. The summed E-state index contributed by atoms with van der Waals surface area (Å²) in [5.41, 5.74) is 5.00. The van der Waals surface area contributed by atoms with E-state index in [-0.39, 0.29) is 18.5 Å². The largest absolute Gasteiger partial charge is 0.468 e. The van der Waals surface area contributed by atoms with Gasteiger partial charge < -0.3 is 20.7 Å². The standard InChI is InChI=1S/C12H21N3O4/c1-8(14-12(13)18)11(17)15(7-10(16)19-2)9-5-3-4-6-9/h8-9H,3-7H2,1-2H3,(H3,13,14,18). The van der Waals surface area contributed by atoms with Crippen LogP contribution in [0.15, 0.2) is 0 Å². The number of hydrogen-bond donors (Lipinski definition) is 2. The van der Waals surface area contributed by atoms with E-state index >= 15 is 0 Å². The van der Waals surface area contributed by atoms with Crippen molar-refractivity contribution in [3.8, 4) is 0 Å². The van der Waals surface area contributed by atoms with E-state index in [0.717, 1.165) is 25.7 Å². The third-order valence-corrected chi connectivity index (χ3v) is 3.30. The highest BCUT2D eigenvalue weighted by molar-refractivity contribution is 5.88. The number of amides is 3. The van der Waals surface area contributed by atoms with Gasteiger partial charge in [0.1, 0.15) is 12.6 Å². The fraction of sp³-hybridized carbons (Fsp3) is 0.750. The van der Waals surface area contributed by atoms with Crippen molar-refractivity contribution in [3.63, 3.8) is 0 Å². The van der Waals surface area contributed by atoms with Gasteiger partial charge >= 0.3 is 12.0 Å². The van der Waals surface area contributed by atoms with Gasteiger partial charge in [-0.05, 0) is 19.8 Å². The summed E-state index contributed by atoms with van der Waals surface area (Å²) in [5, 5.41) is 2.33. The first-order valence-electron chi connectivity index (χ1n) is 6.39. The molecule has 0 radical (unpaired) electrons. The van der Waals surface area contributed by atoms with Crippen molar-refractivity contribution in [1.82, 2.24) is 10.2 Å². The first-order chi connectivity index (χ1) is 8.95. The summed E-state index contributed by atoms with van der Waals surface area (Å²) < 4.78 is 4.61. The minimum atomic E-state index is -0.759. The Morgan fingerprint density at radius 3 is 2.42 bits per heavy atom. The average molecular weight is 271 g/mol. The van der Waals surface area contributed by atoms with Gasteiger partial charge in [-0.3, -0.25) is 9.59 Å². The minimum absolute atomic E-state index is 0.0312. The number of hydrogen-bond acceptors (Lipinski definition) is 4. The van der Waals surface area contributed by atoms with E-state index in [4.69, 9.17) is 5.73 Å². The Labute approximate surface area is 112 Å². The zero-order valence-electron chi connectivity index (χ0n) is 11.3. The Balaban J connectivity index is 2.73. The van der Waals surface area contributed by atoms with Crippen LogP contribution in [0.25, 0.3) is 0 Å². The molecule has 0 saturated heterocycles. The fourth-order valence-electron chi connectivity index (χ4n) is 2.33. The number of esters is 1. The smallest absolute Gasteiger partial charge is 0.325 e. The highest BCUT2D eigenvalue weighted by atomic mass is 16.5. The quantitative estimate of drug-likeness (QED) is 0.686. The average Bonchev–Trinajstić information content (AvgIpc) is 2.87. The molecule has 1 fully saturated rings. The van der Waals surface area contributed by atoms with Gasteiger partial charge in [-0.15, -0.1) is 0 Å². The van der Waals surface area contributed by atoms with Crippen LogP contribution in [0.1, 0.15) is 32.6 Å². The van der Waals surface area contributed by atoms with Gasteiger partial charge in [0.15, 0.2) is 0 Å². The molecule has 0 aliphatic heterocycles. The highest BCUT2D eigenvalue weighted by Crippen LogP contribution is 2.24. The van der Waals surface area contributed by atoms with Crippen LogP contribution in [0.5, 0.6) is 0 Å². The summed E-state index contributed by atoms with van der Waals surface area (Å²) in [4.78, 5) is 35.9. The second-order valence-electron chi connectivity index (χ2n) is 4.71. The second-order valence-corrected chi connectivity index (χ2v) is 4.71. The molecule has 3 N–H and O–H groups in total. The van der Waals surface area contributed by atoms with Gasteiger partial charge in [0.2, 0.25) is 5.91 Å². The van der Waals surface area contributed by atoms with Crippen LogP contribution in [0.2, 0.25) is 0 Å². The summed E-state index contributed by atoms with van der Waals surface area (Å²) in [6.45, 7) is 1.46. The van der Waals surface area contributed by atoms with Crippen molar-refractivity contribution < 1.29 is 19.1 Å². The number of urea groups is 1. The van der Waals surface area contributed by atoms with Crippen molar-refractivity contribution in [2.24, 2.45) is 5.73 Å². The number of nitrogens with two attached hydrogens (primary N) is 1. The minimum Gasteiger partial charge on any atom is -0.468 e. The topological polar surface area (TPSA) is 102 Å². The Morgan fingerprint density at radius 1 is 1.37 bits per heavy atom. The SMILES string of the molecule is COC(=O)CN(C(=O)C(C)NC(N)=O)C1CCCC1. The lowest BCUT2D eigenvalue weighted by Gasteiger charge is -2.30. The van der Waals surface area contributed by atoms with E-state index in [2.05, 4.69) is 10.1 Å². The van der Waals surface area contributed by atoms with Crippen LogP contribution >= 0.6 is 0 Å². The Kier molecular flexibility index (Phi) is 5.59. The zero-order chi connectivity index (χ0) is 14.4. The summed E-state index contributed by atoms with van der Waals surface area (Å²) in [6.07, 6.45) is 3.80. The van der Waals surface area contributed by atoms with Gasteiger partial charge in [0.25, 0.3) is 0 Å². The highest BCUT2D eigenvalue weighted by Gasteiger charge is 2.31. The lowest BCUT2D eigenvalue weighted by molar-refractivity contribution is -0.149. The van der Waals surface area contributed by atoms with Crippen molar-refractivity contribution in [3.05, 3.63) is 0 Å². The van der Waals surface area contributed by atoms with Crippen molar-refractivity contribution in [1.29, 1.82) is 0 Å². The molecule has 0 aromatic rings. The number of ether oxygens (including phenoxy) is 1. The molecule has 0 bridgehead atoms. The molecule has 0 aromatic carbocycles. The Morgan fingerprint density at radius 2 is 1.95 bits per heavy atom.